The lowest BCUT2D eigenvalue weighted by molar-refractivity contribution is 0.296. The Hall–Kier alpha value is -1.22. The summed E-state index contributed by atoms with van der Waals surface area (Å²) in [7, 11) is 0. The molecule has 0 unspecified atom stereocenters. The first kappa shape index (κ1) is 11.3. The van der Waals surface area contributed by atoms with E-state index in [1.165, 1.54) is 5.56 Å². The number of ether oxygens (including phenoxy) is 2. The minimum Gasteiger partial charge on any atom is -0.490 e. The summed E-state index contributed by atoms with van der Waals surface area (Å²) in [5.74, 6) is 1.66. The molecule has 88 valence electrons. The van der Waals surface area contributed by atoms with Crippen LogP contribution < -0.4 is 9.47 Å². The average Bonchev–Trinajstić information content (AvgIpc) is 2.53. The van der Waals surface area contributed by atoms with Crippen molar-refractivity contribution >= 4 is 0 Å². The number of rotatable bonds is 3. The van der Waals surface area contributed by atoms with E-state index < -0.39 is 0 Å². The van der Waals surface area contributed by atoms with Gasteiger partial charge in [-0.15, -0.1) is 0 Å². The van der Waals surface area contributed by atoms with Crippen LogP contribution in [-0.2, 0) is 12.8 Å². The standard InChI is InChI=1S/C13H18O3/c1-2-10-8-12-13(9-11(10)4-5-14)16-7-3-6-15-12/h8-9,14H,2-7H2,1H3. The first-order chi connectivity index (χ1) is 7.85. The van der Waals surface area contributed by atoms with Crippen molar-refractivity contribution in [3.05, 3.63) is 23.3 Å². The van der Waals surface area contributed by atoms with Crippen LogP contribution in [0.4, 0.5) is 0 Å². The van der Waals surface area contributed by atoms with Crippen molar-refractivity contribution in [2.24, 2.45) is 0 Å². The minimum absolute atomic E-state index is 0.173. The number of aliphatic hydroxyl groups is 1. The Kier molecular flexibility index (Phi) is 3.67. The van der Waals surface area contributed by atoms with E-state index in [2.05, 4.69) is 6.92 Å². The minimum atomic E-state index is 0.173. The van der Waals surface area contributed by atoms with Crippen molar-refractivity contribution in [2.75, 3.05) is 19.8 Å². The van der Waals surface area contributed by atoms with Crippen molar-refractivity contribution in [3.63, 3.8) is 0 Å². The van der Waals surface area contributed by atoms with E-state index in [4.69, 9.17) is 14.6 Å². The summed E-state index contributed by atoms with van der Waals surface area (Å²) in [6.45, 7) is 3.71. The maximum atomic E-state index is 9.03. The average molecular weight is 222 g/mol. The zero-order chi connectivity index (χ0) is 11.4. The van der Waals surface area contributed by atoms with Crippen LogP contribution in [0.3, 0.4) is 0 Å². The van der Waals surface area contributed by atoms with Gasteiger partial charge in [-0.1, -0.05) is 6.92 Å². The molecule has 0 bridgehead atoms. The van der Waals surface area contributed by atoms with Crippen LogP contribution in [0.2, 0.25) is 0 Å². The fourth-order valence-corrected chi connectivity index (χ4v) is 1.98. The maximum absolute atomic E-state index is 9.03. The highest BCUT2D eigenvalue weighted by molar-refractivity contribution is 5.48. The van der Waals surface area contributed by atoms with E-state index in [1.54, 1.807) is 0 Å². The lowest BCUT2D eigenvalue weighted by Gasteiger charge is -2.13. The van der Waals surface area contributed by atoms with Gasteiger partial charge in [-0.2, -0.15) is 0 Å². The molecule has 3 heteroatoms. The number of benzene rings is 1. The number of aliphatic hydroxyl groups excluding tert-OH is 1. The lowest BCUT2D eigenvalue weighted by atomic mass is 10.0. The Balaban J connectivity index is 2.36. The molecule has 1 N–H and O–H groups in total. The summed E-state index contributed by atoms with van der Waals surface area (Å²) in [6.07, 6.45) is 2.55. The number of fused-ring (bicyclic) bond motifs is 1. The van der Waals surface area contributed by atoms with Gasteiger partial charge in [0.2, 0.25) is 0 Å². The summed E-state index contributed by atoms with van der Waals surface area (Å²) < 4.78 is 11.3. The van der Waals surface area contributed by atoms with Gasteiger partial charge in [-0.25, -0.2) is 0 Å². The van der Waals surface area contributed by atoms with E-state index in [0.717, 1.165) is 36.5 Å². The van der Waals surface area contributed by atoms with Gasteiger partial charge in [0.05, 0.1) is 13.2 Å². The number of hydrogen-bond donors (Lipinski definition) is 1. The second kappa shape index (κ2) is 5.21. The molecule has 2 rings (SSSR count). The van der Waals surface area contributed by atoms with Crippen molar-refractivity contribution in [2.45, 2.75) is 26.2 Å². The monoisotopic (exact) mass is 222 g/mol. The fraction of sp³-hybridized carbons (Fsp3) is 0.538. The Morgan fingerprint density at radius 3 is 2.31 bits per heavy atom. The molecule has 0 saturated carbocycles. The van der Waals surface area contributed by atoms with Gasteiger partial charge in [0.1, 0.15) is 0 Å². The zero-order valence-electron chi connectivity index (χ0n) is 9.66. The highest BCUT2D eigenvalue weighted by Crippen LogP contribution is 2.33. The SMILES string of the molecule is CCc1cc2c(cc1CCO)OCCCO2. The zero-order valence-corrected chi connectivity index (χ0v) is 9.66. The predicted molar refractivity (Wildman–Crippen MR) is 62.2 cm³/mol. The van der Waals surface area contributed by atoms with E-state index in [9.17, 15) is 0 Å². The van der Waals surface area contributed by atoms with Crippen LogP contribution in [0.1, 0.15) is 24.5 Å². The first-order valence-corrected chi connectivity index (χ1v) is 5.87. The Morgan fingerprint density at radius 1 is 1.12 bits per heavy atom. The third-order valence-electron chi connectivity index (χ3n) is 2.83. The lowest BCUT2D eigenvalue weighted by Crippen LogP contribution is -2.00. The van der Waals surface area contributed by atoms with E-state index in [0.29, 0.717) is 13.0 Å². The molecule has 0 spiro atoms. The molecule has 0 aliphatic carbocycles. The van der Waals surface area contributed by atoms with Crippen molar-refractivity contribution < 1.29 is 14.6 Å². The van der Waals surface area contributed by atoms with Crippen LogP contribution in [0.25, 0.3) is 0 Å². The second-order valence-corrected chi connectivity index (χ2v) is 3.95. The van der Waals surface area contributed by atoms with Crippen LogP contribution >= 0.6 is 0 Å². The maximum Gasteiger partial charge on any atom is 0.161 e. The first-order valence-electron chi connectivity index (χ1n) is 5.87. The molecule has 0 amide bonds. The Morgan fingerprint density at radius 2 is 1.75 bits per heavy atom. The molecule has 0 fully saturated rings. The predicted octanol–water partition coefficient (Wildman–Crippen LogP) is 1.95. The smallest absolute Gasteiger partial charge is 0.161 e. The fourth-order valence-electron chi connectivity index (χ4n) is 1.98. The molecule has 1 aromatic rings. The van der Waals surface area contributed by atoms with Gasteiger partial charge in [0.15, 0.2) is 11.5 Å². The van der Waals surface area contributed by atoms with E-state index in [1.807, 2.05) is 12.1 Å². The molecule has 1 aliphatic rings. The molecule has 0 aromatic heterocycles. The molecular formula is C13H18O3. The van der Waals surface area contributed by atoms with Gasteiger partial charge in [0.25, 0.3) is 0 Å². The number of aryl methyl sites for hydroxylation is 1. The van der Waals surface area contributed by atoms with E-state index >= 15 is 0 Å². The second-order valence-electron chi connectivity index (χ2n) is 3.95. The number of hydrogen-bond acceptors (Lipinski definition) is 3. The summed E-state index contributed by atoms with van der Waals surface area (Å²) in [4.78, 5) is 0. The van der Waals surface area contributed by atoms with Crippen LogP contribution in [0.5, 0.6) is 11.5 Å². The summed E-state index contributed by atoms with van der Waals surface area (Å²) >= 11 is 0. The molecule has 1 heterocycles. The molecular weight excluding hydrogens is 204 g/mol. The highest BCUT2D eigenvalue weighted by Gasteiger charge is 2.13. The quantitative estimate of drug-likeness (QED) is 0.849. The molecule has 0 atom stereocenters. The van der Waals surface area contributed by atoms with E-state index in [-0.39, 0.29) is 6.61 Å². The molecule has 0 saturated heterocycles. The third-order valence-corrected chi connectivity index (χ3v) is 2.83. The molecule has 3 nitrogen and oxygen atoms in total. The van der Waals surface area contributed by atoms with Crippen LogP contribution in [0.15, 0.2) is 12.1 Å². The normalized spacial score (nSPS) is 14.6. The van der Waals surface area contributed by atoms with Crippen molar-refractivity contribution in [1.82, 2.24) is 0 Å². The van der Waals surface area contributed by atoms with Gasteiger partial charge in [-0.3, -0.25) is 0 Å². The summed E-state index contributed by atoms with van der Waals surface area (Å²) in [5.41, 5.74) is 2.40. The van der Waals surface area contributed by atoms with Gasteiger partial charge >= 0.3 is 0 Å². The highest BCUT2D eigenvalue weighted by atomic mass is 16.5. The van der Waals surface area contributed by atoms with Crippen LogP contribution in [0, 0.1) is 0 Å². The summed E-state index contributed by atoms with van der Waals surface area (Å²) in [6, 6.07) is 4.06. The molecule has 16 heavy (non-hydrogen) atoms. The molecule has 1 aromatic carbocycles. The summed E-state index contributed by atoms with van der Waals surface area (Å²) in [5, 5.41) is 9.03. The van der Waals surface area contributed by atoms with Gasteiger partial charge in [0, 0.05) is 13.0 Å². The molecule has 1 aliphatic heterocycles. The van der Waals surface area contributed by atoms with Gasteiger partial charge < -0.3 is 14.6 Å². The Labute approximate surface area is 96.0 Å². The van der Waals surface area contributed by atoms with Gasteiger partial charge in [-0.05, 0) is 36.1 Å². The van der Waals surface area contributed by atoms with Crippen molar-refractivity contribution in [3.8, 4) is 11.5 Å². The Bertz CT molecular complexity index is 360. The molecule has 0 radical (unpaired) electrons. The van der Waals surface area contributed by atoms with Crippen LogP contribution in [-0.4, -0.2) is 24.9 Å². The topological polar surface area (TPSA) is 38.7 Å². The van der Waals surface area contributed by atoms with Crippen molar-refractivity contribution in [1.29, 1.82) is 0 Å². The largest absolute Gasteiger partial charge is 0.490 e. The third kappa shape index (κ3) is 2.30.